The molecule has 9 heteroatoms. The van der Waals surface area contributed by atoms with Gasteiger partial charge in [0.25, 0.3) is 0 Å². The first-order valence-electron chi connectivity index (χ1n) is 9.38. The van der Waals surface area contributed by atoms with Crippen LogP contribution in [0.5, 0.6) is 0 Å². The van der Waals surface area contributed by atoms with Crippen LogP contribution >= 0.6 is 0 Å². The molecule has 0 aromatic rings. The predicted molar refractivity (Wildman–Crippen MR) is 120 cm³/mol. The Bertz CT molecular complexity index is 434. The minimum Gasteiger partial charge on any atom is -0.462 e. The number of rotatable bonds is 12. The van der Waals surface area contributed by atoms with Gasteiger partial charge in [0.15, 0.2) is 25.0 Å². The Kier molecular flexibility index (Phi) is 9.93. The Morgan fingerprint density at radius 2 is 1.27 bits per heavy atom. The van der Waals surface area contributed by atoms with E-state index in [1.807, 2.05) is 0 Å². The van der Waals surface area contributed by atoms with Crippen molar-refractivity contribution in [2.75, 3.05) is 6.61 Å². The molecule has 0 fully saturated rings. The van der Waals surface area contributed by atoms with Crippen LogP contribution in [0.1, 0.15) is 13.3 Å². The smallest absolute Gasteiger partial charge is 0.333 e. The van der Waals surface area contributed by atoms with Crippen molar-refractivity contribution in [2.24, 2.45) is 0 Å². The van der Waals surface area contributed by atoms with Gasteiger partial charge >= 0.3 is 5.97 Å². The van der Waals surface area contributed by atoms with Gasteiger partial charge in [0.05, 0.1) is 6.61 Å². The molecule has 0 amide bonds. The number of carbonyl (C=O) groups excluding carboxylic acids is 1. The van der Waals surface area contributed by atoms with Gasteiger partial charge in [-0.3, -0.25) is 0 Å². The minimum atomic E-state index is -1.86. The van der Waals surface area contributed by atoms with Crippen LogP contribution in [0.3, 0.4) is 0 Å². The quantitative estimate of drug-likeness (QED) is 0.150. The summed E-state index contributed by atoms with van der Waals surface area (Å²) >= 11 is 0. The van der Waals surface area contributed by atoms with E-state index in [0.717, 1.165) is 12.5 Å². The first-order valence-corrected chi connectivity index (χ1v) is 21.3. The molecule has 0 rings (SSSR count). The summed E-state index contributed by atoms with van der Waals surface area (Å²) in [6.45, 7) is 25.2. The molecule has 26 heavy (non-hydrogen) atoms. The Hall–Kier alpha value is -0.0425. The maximum Gasteiger partial charge on any atom is 0.333 e. The molecule has 0 atom stereocenters. The lowest BCUT2D eigenvalue weighted by Gasteiger charge is -2.46. The van der Waals surface area contributed by atoms with Gasteiger partial charge in [-0.15, -0.1) is 0 Å². The molecule has 0 saturated heterocycles. The van der Waals surface area contributed by atoms with E-state index in [9.17, 15) is 4.79 Å². The van der Waals surface area contributed by atoms with E-state index in [-0.39, 0.29) is 5.97 Å². The zero-order valence-corrected chi connectivity index (χ0v) is 23.0. The summed E-state index contributed by atoms with van der Waals surface area (Å²) in [5.41, 5.74) is -0.416. The molecule has 0 aromatic carbocycles. The highest BCUT2D eigenvalue weighted by molar-refractivity contribution is 6.73. The molecule has 0 saturated carbocycles. The third-order valence-corrected chi connectivity index (χ3v) is 8.38. The molecule has 0 radical (unpaired) electrons. The van der Waals surface area contributed by atoms with Crippen molar-refractivity contribution in [3.63, 3.8) is 0 Å². The second-order valence-corrected chi connectivity index (χ2v) is 25.1. The van der Waals surface area contributed by atoms with Gasteiger partial charge in [0.2, 0.25) is 5.60 Å². The Morgan fingerprint density at radius 1 is 0.885 bits per heavy atom. The van der Waals surface area contributed by atoms with E-state index < -0.39 is 40.1 Å². The van der Waals surface area contributed by atoms with Crippen LogP contribution in [0.15, 0.2) is 12.2 Å². The van der Waals surface area contributed by atoms with Crippen LogP contribution < -0.4 is 0 Å². The fourth-order valence-electron chi connectivity index (χ4n) is 2.35. The van der Waals surface area contributed by atoms with Crippen molar-refractivity contribution in [2.45, 2.75) is 83.9 Å². The van der Waals surface area contributed by atoms with E-state index >= 15 is 0 Å². The van der Waals surface area contributed by atoms with Gasteiger partial charge in [-0.05, 0) is 72.3 Å². The van der Waals surface area contributed by atoms with Gasteiger partial charge in [-0.1, -0.05) is 12.6 Å². The topological polar surface area (TPSA) is 54.0 Å². The first kappa shape index (κ1) is 26.0. The van der Waals surface area contributed by atoms with Crippen LogP contribution in [-0.2, 0) is 22.8 Å². The average Bonchev–Trinajstić information content (AvgIpc) is 2.30. The molecule has 0 aliphatic carbocycles. The van der Waals surface area contributed by atoms with Crippen molar-refractivity contribution >= 4 is 40.4 Å². The summed E-state index contributed by atoms with van der Waals surface area (Å²) in [7, 11) is -6.45. The predicted octanol–water partition coefficient (Wildman–Crippen LogP) is 4.25. The summed E-state index contributed by atoms with van der Waals surface area (Å²) in [5, 5.41) is 0. The summed E-state index contributed by atoms with van der Waals surface area (Å²) in [5.74, 6) is -0.326. The standard InChI is InChI=1S/C17H40O5Si4/c1-15(2)16(18)19-13-12-14-23-17(20-24(3,4)5,21-25(6,7)8)22-26(9,10)11/h1,12-14,23H2,2-11H3. The summed E-state index contributed by atoms with van der Waals surface area (Å²) < 4.78 is 24.8. The van der Waals surface area contributed by atoms with Crippen molar-refractivity contribution in [3.8, 4) is 0 Å². The second-order valence-electron chi connectivity index (χ2n) is 9.70. The van der Waals surface area contributed by atoms with Crippen LogP contribution in [0, 0.1) is 0 Å². The third kappa shape index (κ3) is 13.2. The summed E-state index contributed by atoms with van der Waals surface area (Å²) in [6, 6.07) is 0.933. The van der Waals surface area contributed by atoms with E-state index in [1.165, 1.54) is 0 Å². The molecule has 5 nitrogen and oxygen atoms in total. The molecular weight excluding hydrogens is 397 g/mol. The van der Waals surface area contributed by atoms with Crippen LogP contribution in [0.4, 0.5) is 0 Å². The number of hydrogen-bond donors (Lipinski definition) is 0. The highest BCUT2D eigenvalue weighted by Gasteiger charge is 2.44. The van der Waals surface area contributed by atoms with E-state index in [1.54, 1.807) is 6.92 Å². The maximum atomic E-state index is 11.5. The fourth-order valence-corrected chi connectivity index (χ4v) is 11.7. The SMILES string of the molecule is C=C(C)C(=O)OCCC[SiH2]C(O[Si](C)(C)C)(O[Si](C)(C)C)O[Si](C)(C)C. The highest BCUT2D eigenvalue weighted by Crippen LogP contribution is 2.29. The molecule has 0 bridgehead atoms. The lowest BCUT2D eigenvalue weighted by atomic mass is 10.4. The van der Waals surface area contributed by atoms with E-state index in [2.05, 4.69) is 65.5 Å². The van der Waals surface area contributed by atoms with Crippen molar-refractivity contribution in [1.82, 2.24) is 0 Å². The van der Waals surface area contributed by atoms with Gasteiger partial charge in [-0.25, -0.2) is 4.79 Å². The van der Waals surface area contributed by atoms with Gasteiger partial charge in [0, 0.05) is 5.57 Å². The van der Waals surface area contributed by atoms with Crippen LogP contribution in [0.25, 0.3) is 0 Å². The Morgan fingerprint density at radius 3 is 1.58 bits per heavy atom. The number of esters is 1. The molecule has 154 valence electrons. The third-order valence-electron chi connectivity index (χ3n) is 2.84. The zero-order chi connectivity index (χ0) is 20.8. The molecule has 0 spiro atoms. The first-order chi connectivity index (χ1) is 11.4. The summed E-state index contributed by atoms with van der Waals surface area (Å²) in [6.07, 6.45) is 0.798. The largest absolute Gasteiger partial charge is 0.462 e. The number of ether oxygens (including phenoxy) is 1. The summed E-state index contributed by atoms with van der Waals surface area (Å²) in [4.78, 5) is 11.5. The lowest BCUT2D eigenvalue weighted by molar-refractivity contribution is -0.204. The van der Waals surface area contributed by atoms with Crippen molar-refractivity contribution in [3.05, 3.63) is 12.2 Å². The lowest BCUT2D eigenvalue weighted by Crippen LogP contribution is -2.59. The monoisotopic (exact) mass is 436 g/mol. The molecule has 0 aromatic heterocycles. The van der Waals surface area contributed by atoms with Gasteiger partial charge in [-0.2, -0.15) is 0 Å². The fraction of sp³-hybridized carbons (Fsp3) is 0.824. The van der Waals surface area contributed by atoms with Crippen LogP contribution in [-0.4, -0.2) is 52.6 Å². The van der Waals surface area contributed by atoms with E-state index in [4.69, 9.17) is 18.0 Å². The molecule has 0 heterocycles. The molecule has 0 N–H and O–H groups in total. The maximum absolute atomic E-state index is 11.5. The molecule has 0 aliphatic heterocycles. The Balaban J connectivity index is 5.14. The van der Waals surface area contributed by atoms with Crippen molar-refractivity contribution < 1.29 is 22.8 Å². The van der Waals surface area contributed by atoms with Gasteiger partial charge < -0.3 is 18.0 Å². The molecule has 0 aliphatic rings. The van der Waals surface area contributed by atoms with E-state index in [0.29, 0.717) is 12.2 Å². The minimum absolute atomic E-state index is 0.326. The normalized spacial score (nSPS) is 14.1. The molecule has 0 unspecified atom stereocenters. The zero-order valence-electron chi connectivity index (χ0n) is 18.6. The molecular formula is C17H40O5Si4. The van der Waals surface area contributed by atoms with Gasteiger partial charge in [0.1, 0.15) is 9.52 Å². The van der Waals surface area contributed by atoms with Crippen LogP contribution in [0.2, 0.25) is 65.0 Å². The average molecular weight is 437 g/mol. The highest BCUT2D eigenvalue weighted by atomic mass is 28.4. The van der Waals surface area contributed by atoms with Crippen molar-refractivity contribution in [1.29, 1.82) is 0 Å². The Labute approximate surface area is 166 Å². The number of hydrogen-bond acceptors (Lipinski definition) is 5. The second kappa shape index (κ2) is 9.94. The number of carbonyl (C=O) groups is 1.